The van der Waals surface area contributed by atoms with Gasteiger partial charge in [-0.1, -0.05) is 109 Å². The van der Waals surface area contributed by atoms with Crippen molar-refractivity contribution in [1.29, 1.82) is 0 Å². The van der Waals surface area contributed by atoms with Crippen molar-refractivity contribution in [3.05, 3.63) is 145 Å². The molecule has 54 heavy (non-hydrogen) atoms. The predicted molar refractivity (Wildman–Crippen MR) is 231 cm³/mol. The monoisotopic (exact) mass is 690 g/mol. The molecule has 0 saturated heterocycles. The van der Waals surface area contributed by atoms with Gasteiger partial charge in [-0.05, 0) is 147 Å². The van der Waals surface area contributed by atoms with E-state index in [1.165, 1.54) is 120 Å². The van der Waals surface area contributed by atoms with Gasteiger partial charge < -0.3 is 9.47 Å². The van der Waals surface area contributed by atoms with Gasteiger partial charge in [0.15, 0.2) is 0 Å². The summed E-state index contributed by atoms with van der Waals surface area (Å²) in [6.45, 7) is 4.43. The van der Waals surface area contributed by atoms with Crippen LogP contribution < -0.4 is 9.47 Å². The Hall–Kier alpha value is -6.64. The fourth-order valence-corrected chi connectivity index (χ4v) is 10.1. The van der Waals surface area contributed by atoms with Gasteiger partial charge in [0.05, 0.1) is 14.2 Å². The zero-order valence-corrected chi connectivity index (χ0v) is 30.5. The lowest BCUT2D eigenvalue weighted by Crippen LogP contribution is -1.96. The standard InChI is InChI=1S/C52H34O2/c1-27-5-7-29-13-19-37-35(17-11-31-9-15-33(27)47(29)49(31)37)43-25-45(53-3)41-24-22-40-44(26-46(54-4)42-23-21-39(43)51(41)52(40)42)36-18-12-32-10-16-34-28(2)6-8-30-14-20-38(36)50(32)48(30)34/h5-26H,1-4H3. The molecule has 0 atom stereocenters. The Balaban J connectivity index is 1.20. The SMILES string of the molecule is COc1cc(-c2ccc3ccc4c(C)ccc5ccc2c3c54)c2ccc3c(OC)cc(-c4ccc5ccc6c(C)ccc7ccc4c5c76)c4ccc1c2c34. The van der Waals surface area contributed by atoms with Gasteiger partial charge in [0.1, 0.15) is 11.5 Å². The zero-order valence-electron chi connectivity index (χ0n) is 30.5. The summed E-state index contributed by atoms with van der Waals surface area (Å²) in [5.74, 6) is 1.74. The van der Waals surface area contributed by atoms with Crippen LogP contribution in [0.25, 0.3) is 119 Å². The number of hydrogen-bond donors (Lipinski definition) is 0. The Labute approximate surface area is 311 Å². The fraction of sp³-hybridized carbons (Fsp3) is 0.0769. The summed E-state index contributed by atoms with van der Waals surface area (Å²) in [5.41, 5.74) is 7.37. The average Bonchev–Trinajstić information content (AvgIpc) is 3.22. The highest BCUT2D eigenvalue weighted by Gasteiger charge is 2.23. The van der Waals surface area contributed by atoms with Crippen LogP contribution in [0.5, 0.6) is 11.5 Å². The molecule has 0 aliphatic carbocycles. The number of hydrogen-bond acceptors (Lipinski definition) is 2. The molecule has 254 valence electrons. The molecular weight excluding hydrogens is 657 g/mol. The molecule has 0 aliphatic rings. The molecule has 2 heteroatoms. The lowest BCUT2D eigenvalue weighted by Gasteiger charge is -2.22. The Bertz CT molecular complexity index is 3300. The Morgan fingerprint density at radius 2 is 0.574 bits per heavy atom. The van der Waals surface area contributed by atoms with E-state index in [9.17, 15) is 0 Å². The Morgan fingerprint density at radius 3 is 0.981 bits per heavy atom. The molecule has 0 amide bonds. The van der Waals surface area contributed by atoms with Crippen molar-refractivity contribution in [3.8, 4) is 33.8 Å². The van der Waals surface area contributed by atoms with Crippen LogP contribution in [-0.4, -0.2) is 14.2 Å². The minimum absolute atomic E-state index is 0.871. The van der Waals surface area contributed by atoms with E-state index in [1.807, 2.05) is 0 Å². The quantitative estimate of drug-likeness (QED) is 0.171. The van der Waals surface area contributed by atoms with Crippen molar-refractivity contribution >= 4 is 97.0 Å². The normalized spacial score (nSPS) is 12.4. The summed E-state index contributed by atoms with van der Waals surface area (Å²) in [4.78, 5) is 0. The van der Waals surface area contributed by atoms with Gasteiger partial charge in [-0.3, -0.25) is 0 Å². The van der Waals surface area contributed by atoms with E-state index in [0.29, 0.717) is 0 Å². The highest BCUT2D eigenvalue weighted by atomic mass is 16.5. The smallest absolute Gasteiger partial charge is 0.127 e. The van der Waals surface area contributed by atoms with Crippen LogP contribution >= 0.6 is 0 Å². The summed E-state index contributed by atoms with van der Waals surface area (Å²) in [5, 5.41) is 22.6. The van der Waals surface area contributed by atoms with E-state index >= 15 is 0 Å². The van der Waals surface area contributed by atoms with Crippen LogP contribution in [0.4, 0.5) is 0 Å². The summed E-state index contributed by atoms with van der Waals surface area (Å²) < 4.78 is 12.5. The molecule has 0 N–H and O–H groups in total. The van der Waals surface area contributed by atoms with Crippen molar-refractivity contribution in [2.75, 3.05) is 14.2 Å². The fourth-order valence-electron chi connectivity index (χ4n) is 10.1. The molecule has 0 heterocycles. The second kappa shape index (κ2) is 10.5. The van der Waals surface area contributed by atoms with E-state index in [0.717, 1.165) is 22.3 Å². The topological polar surface area (TPSA) is 18.5 Å². The van der Waals surface area contributed by atoms with Gasteiger partial charge >= 0.3 is 0 Å². The van der Waals surface area contributed by atoms with Crippen LogP contribution in [0.3, 0.4) is 0 Å². The molecule has 0 saturated carbocycles. The van der Waals surface area contributed by atoms with Crippen molar-refractivity contribution in [3.63, 3.8) is 0 Å². The Kier molecular flexibility index (Phi) is 5.81. The summed E-state index contributed by atoms with van der Waals surface area (Å²) in [6.07, 6.45) is 0. The molecule has 0 bridgehead atoms. The molecule has 12 aromatic rings. The van der Waals surface area contributed by atoms with Crippen LogP contribution in [0, 0.1) is 13.8 Å². The van der Waals surface area contributed by atoms with E-state index < -0.39 is 0 Å². The first-order chi connectivity index (χ1) is 26.5. The first kappa shape index (κ1) is 29.9. The lowest BCUT2D eigenvalue weighted by molar-refractivity contribution is 0.419. The van der Waals surface area contributed by atoms with Gasteiger partial charge in [0.25, 0.3) is 0 Å². The molecule has 0 radical (unpaired) electrons. The number of aryl methyl sites for hydroxylation is 2. The van der Waals surface area contributed by atoms with Crippen molar-refractivity contribution in [2.45, 2.75) is 13.8 Å². The van der Waals surface area contributed by atoms with Gasteiger partial charge in [0, 0.05) is 21.5 Å². The van der Waals surface area contributed by atoms with Crippen LogP contribution in [0.1, 0.15) is 11.1 Å². The highest BCUT2D eigenvalue weighted by Crippen LogP contribution is 2.51. The zero-order chi connectivity index (χ0) is 36.0. The van der Waals surface area contributed by atoms with Crippen LogP contribution in [-0.2, 0) is 0 Å². The number of ether oxygens (including phenoxy) is 2. The second-order valence-corrected chi connectivity index (χ2v) is 15.2. The van der Waals surface area contributed by atoms with E-state index in [2.05, 4.69) is 147 Å². The largest absolute Gasteiger partial charge is 0.496 e. The third-order valence-electron chi connectivity index (χ3n) is 12.6. The van der Waals surface area contributed by atoms with E-state index in [1.54, 1.807) is 14.2 Å². The summed E-state index contributed by atoms with van der Waals surface area (Å²) >= 11 is 0. The number of benzene rings is 12. The lowest BCUT2D eigenvalue weighted by atomic mass is 9.83. The number of methoxy groups -OCH3 is 2. The third-order valence-corrected chi connectivity index (χ3v) is 12.6. The van der Waals surface area contributed by atoms with Crippen molar-refractivity contribution in [2.24, 2.45) is 0 Å². The first-order valence-corrected chi connectivity index (χ1v) is 18.7. The maximum Gasteiger partial charge on any atom is 0.127 e. The molecule has 0 aliphatic heterocycles. The van der Waals surface area contributed by atoms with E-state index in [-0.39, 0.29) is 0 Å². The molecular formula is C52H34O2. The van der Waals surface area contributed by atoms with Gasteiger partial charge in [-0.25, -0.2) is 0 Å². The molecule has 0 aromatic heterocycles. The summed E-state index contributed by atoms with van der Waals surface area (Å²) in [7, 11) is 3.59. The molecule has 0 fully saturated rings. The van der Waals surface area contributed by atoms with Crippen LogP contribution in [0.15, 0.2) is 133 Å². The summed E-state index contributed by atoms with van der Waals surface area (Å²) in [6, 6.07) is 50.1. The minimum Gasteiger partial charge on any atom is -0.496 e. The minimum atomic E-state index is 0.871. The molecule has 0 spiro atoms. The molecule has 12 rings (SSSR count). The van der Waals surface area contributed by atoms with Crippen LogP contribution in [0.2, 0.25) is 0 Å². The maximum atomic E-state index is 6.25. The van der Waals surface area contributed by atoms with Gasteiger partial charge in [-0.2, -0.15) is 0 Å². The maximum absolute atomic E-state index is 6.25. The Morgan fingerprint density at radius 1 is 0.278 bits per heavy atom. The second-order valence-electron chi connectivity index (χ2n) is 15.2. The third kappa shape index (κ3) is 3.70. The average molecular weight is 691 g/mol. The van der Waals surface area contributed by atoms with Gasteiger partial charge in [-0.15, -0.1) is 0 Å². The van der Waals surface area contributed by atoms with Crippen molar-refractivity contribution in [1.82, 2.24) is 0 Å². The molecule has 12 aromatic carbocycles. The van der Waals surface area contributed by atoms with E-state index in [4.69, 9.17) is 9.47 Å². The highest BCUT2D eigenvalue weighted by molar-refractivity contribution is 6.33. The predicted octanol–water partition coefficient (Wildman–Crippen LogP) is 14.3. The van der Waals surface area contributed by atoms with Gasteiger partial charge in [0.2, 0.25) is 0 Å². The molecule has 0 unspecified atom stereocenters. The first-order valence-electron chi connectivity index (χ1n) is 18.7. The van der Waals surface area contributed by atoms with Crippen molar-refractivity contribution < 1.29 is 9.47 Å². The number of rotatable bonds is 4. The molecule has 2 nitrogen and oxygen atoms in total.